The van der Waals surface area contributed by atoms with Gasteiger partial charge < -0.3 is 15.0 Å². The van der Waals surface area contributed by atoms with Crippen molar-refractivity contribution in [2.24, 2.45) is 5.92 Å². The normalized spacial score (nSPS) is 23.8. The molecular formula is C15H16N2OS. The summed E-state index contributed by atoms with van der Waals surface area (Å²) >= 11 is 1.75. The van der Waals surface area contributed by atoms with Crippen LogP contribution < -0.4 is 10.2 Å². The molecule has 2 atom stereocenters. The van der Waals surface area contributed by atoms with Crippen LogP contribution in [0.15, 0.2) is 46.2 Å². The summed E-state index contributed by atoms with van der Waals surface area (Å²) in [5.74, 6) is -0.0841. The Morgan fingerprint density at radius 1 is 1.32 bits per heavy atom. The topological polar surface area (TPSA) is 32.3 Å². The molecule has 0 aromatic heterocycles. The molecule has 19 heavy (non-hydrogen) atoms. The lowest BCUT2D eigenvalue weighted by molar-refractivity contribution is -0.108. The van der Waals surface area contributed by atoms with Crippen LogP contribution in [0, 0.1) is 5.92 Å². The van der Waals surface area contributed by atoms with Gasteiger partial charge in [0.05, 0.1) is 12.0 Å². The highest BCUT2D eigenvalue weighted by molar-refractivity contribution is 8.03. The maximum absolute atomic E-state index is 10.9. The van der Waals surface area contributed by atoms with E-state index in [1.54, 1.807) is 11.8 Å². The van der Waals surface area contributed by atoms with E-state index in [4.69, 9.17) is 0 Å². The number of hydrogen-bond donors (Lipinski definition) is 1. The van der Waals surface area contributed by atoms with Crippen LogP contribution in [-0.2, 0) is 4.79 Å². The van der Waals surface area contributed by atoms with E-state index < -0.39 is 0 Å². The molecule has 1 aliphatic heterocycles. The zero-order valence-electron chi connectivity index (χ0n) is 11.0. The van der Waals surface area contributed by atoms with E-state index >= 15 is 0 Å². The van der Waals surface area contributed by atoms with Gasteiger partial charge in [0.15, 0.2) is 0 Å². The minimum atomic E-state index is -0.0841. The molecule has 98 valence electrons. The first-order chi connectivity index (χ1) is 9.17. The highest BCUT2D eigenvalue weighted by atomic mass is 32.2. The fourth-order valence-electron chi connectivity index (χ4n) is 2.27. The third-order valence-electron chi connectivity index (χ3n) is 3.37. The van der Waals surface area contributed by atoms with Gasteiger partial charge in [-0.05, 0) is 18.2 Å². The molecule has 0 bridgehead atoms. The van der Waals surface area contributed by atoms with Gasteiger partial charge in [-0.2, -0.15) is 0 Å². The molecule has 1 N–H and O–H groups in total. The van der Waals surface area contributed by atoms with Gasteiger partial charge in [-0.1, -0.05) is 30.0 Å². The van der Waals surface area contributed by atoms with Crippen LogP contribution in [0.25, 0.3) is 0 Å². The molecule has 4 heteroatoms. The number of nitrogens with zero attached hydrogens (tertiary/aromatic N) is 1. The second-order valence-corrected chi connectivity index (χ2v) is 6.08. The van der Waals surface area contributed by atoms with Gasteiger partial charge in [-0.25, -0.2) is 0 Å². The highest BCUT2D eigenvalue weighted by Gasteiger charge is 2.25. The van der Waals surface area contributed by atoms with Crippen molar-refractivity contribution in [3.05, 3.63) is 41.3 Å². The lowest BCUT2D eigenvalue weighted by Crippen LogP contribution is -2.25. The Kier molecular flexibility index (Phi) is 3.11. The van der Waals surface area contributed by atoms with Crippen LogP contribution in [0.5, 0.6) is 0 Å². The van der Waals surface area contributed by atoms with Crippen LogP contribution in [0.3, 0.4) is 0 Å². The average molecular weight is 272 g/mol. The summed E-state index contributed by atoms with van der Waals surface area (Å²) in [5.41, 5.74) is 2.34. The fourth-order valence-corrected chi connectivity index (χ4v) is 3.43. The number of fused-ring (bicyclic) bond motifs is 2. The number of anilines is 2. The van der Waals surface area contributed by atoms with Crippen molar-refractivity contribution >= 4 is 29.4 Å². The summed E-state index contributed by atoms with van der Waals surface area (Å²) in [7, 11) is 4.08. The number of rotatable bonds is 2. The number of carbonyl (C=O) groups excluding carboxylic acids is 1. The molecule has 0 saturated carbocycles. The van der Waals surface area contributed by atoms with Crippen molar-refractivity contribution in [3.8, 4) is 0 Å². The lowest BCUT2D eigenvalue weighted by Gasteiger charge is -2.30. The minimum absolute atomic E-state index is 0.0841. The molecule has 1 heterocycles. The van der Waals surface area contributed by atoms with Gasteiger partial charge in [0.25, 0.3) is 0 Å². The predicted octanol–water partition coefficient (Wildman–Crippen LogP) is 2.91. The maximum atomic E-state index is 10.9. The Morgan fingerprint density at radius 3 is 2.89 bits per heavy atom. The Morgan fingerprint density at radius 2 is 2.16 bits per heavy atom. The van der Waals surface area contributed by atoms with Gasteiger partial charge in [0.2, 0.25) is 0 Å². The summed E-state index contributed by atoms with van der Waals surface area (Å²) in [5, 5.41) is 3.50. The average Bonchev–Trinajstić information content (AvgIpc) is 2.43. The van der Waals surface area contributed by atoms with E-state index in [9.17, 15) is 4.79 Å². The summed E-state index contributed by atoms with van der Waals surface area (Å²) in [4.78, 5) is 15.4. The number of nitrogens with one attached hydrogen (secondary N) is 1. The molecule has 3 rings (SSSR count). The third-order valence-corrected chi connectivity index (χ3v) is 4.55. The Bertz CT molecular complexity index is 578. The molecule has 0 saturated heterocycles. The van der Waals surface area contributed by atoms with E-state index in [1.165, 1.54) is 15.5 Å². The number of benzene rings is 1. The van der Waals surface area contributed by atoms with Crippen LogP contribution in [0.4, 0.5) is 11.4 Å². The Hall–Kier alpha value is -1.68. The second kappa shape index (κ2) is 4.78. The van der Waals surface area contributed by atoms with Gasteiger partial charge in [0.1, 0.15) is 6.29 Å². The first-order valence-electron chi connectivity index (χ1n) is 6.28. The predicted molar refractivity (Wildman–Crippen MR) is 80.8 cm³/mol. The molecule has 3 nitrogen and oxygen atoms in total. The smallest absolute Gasteiger partial charge is 0.130 e. The SMILES string of the molecule is CN(C)c1ccc2c(c1)SC1=CC(C=O)C=CC1N2. The second-order valence-electron chi connectivity index (χ2n) is 4.97. The molecule has 2 aliphatic rings. The van der Waals surface area contributed by atoms with Gasteiger partial charge >= 0.3 is 0 Å². The first-order valence-corrected chi connectivity index (χ1v) is 7.10. The molecule has 1 aromatic rings. The van der Waals surface area contributed by atoms with Crippen LogP contribution in [-0.4, -0.2) is 26.4 Å². The van der Waals surface area contributed by atoms with Crippen LogP contribution in [0.1, 0.15) is 0 Å². The molecule has 1 aromatic carbocycles. The van der Waals surface area contributed by atoms with Crippen LogP contribution in [0.2, 0.25) is 0 Å². The number of aldehydes is 1. The molecule has 0 radical (unpaired) electrons. The van der Waals surface area contributed by atoms with E-state index in [0.717, 1.165) is 12.0 Å². The summed E-state index contributed by atoms with van der Waals surface area (Å²) in [6.07, 6.45) is 7.05. The van der Waals surface area contributed by atoms with E-state index in [0.29, 0.717) is 0 Å². The lowest BCUT2D eigenvalue weighted by atomic mass is 10.0. The van der Waals surface area contributed by atoms with Gasteiger partial charge in [0, 0.05) is 35.3 Å². The largest absolute Gasteiger partial charge is 0.378 e. The van der Waals surface area contributed by atoms with Crippen LogP contribution >= 0.6 is 11.8 Å². The molecule has 0 fully saturated rings. The highest BCUT2D eigenvalue weighted by Crippen LogP contribution is 2.43. The maximum Gasteiger partial charge on any atom is 0.130 e. The van der Waals surface area contributed by atoms with Crippen molar-refractivity contribution in [2.45, 2.75) is 10.9 Å². The van der Waals surface area contributed by atoms with E-state index in [2.05, 4.69) is 34.5 Å². The number of carbonyl (C=O) groups is 1. The van der Waals surface area contributed by atoms with E-state index in [-0.39, 0.29) is 12.0 Å². The van der Waals surface area contributed by atoms with Crippen molar-refractivity contribution in [1.29, 1.82) is 0 Å². The summed E-state index contributed by atoms with van der Waals surface area (Å²) < 4.78 is 0. The van der Waals surface area contributed by atoms with Crippen molar-refractivity contribution in [1.82, 2.24) is 0 Å². The van der Waals surface area contributed by atoms with Gasteiger partial charge in [-0.3, -0.25) is 0 Å². The number of allylic oxidation sites excluding steroid dienone is 2. The molecule has 1 aliphatic carbocycles. The van der Waals surface area contributed by atoms with E-state index in [1.807, 2.05) is 26.2 Å². The zero-order valence-corrected chi connectivity index (χ0v) is 11.8. The monoisotopic (exact) mass is 272 g/mol. The molecule has 0 amide bonds. The molecular weight excluding hydrogens is 256 g/mol. The zero-order chi connectivity index (χ0) is 13.4. The molecule has 2 unspecified atom stereocenters. The Balaban J connectivity index is 1.95. The van der Waals surface area contributed by atoms with Crippen molar-refractivity contribution in [3.63, 3.8) is 0 Å². The van der Waals surface area contributed by atoms with Crippen molar-refractivity contribution in [2.75, 3.05) is 24.3 Å². The summed E-state index contributed by atoms with van der Waals surface area (Å²) in [6.45, 7) is 0. The minimum Gasteiger partial charge on any atom is -0.378 e. The number of thioether (sulfide) groups is 1. The molecule has 0 spiro atoms. The standard InChI is InChI=1S/C15H16N2OS/c1-17(2)11-4-6-13-15(8-11)19-14-7-10(9-18)3-5-12(14)16-13/h3-10,12,16H,1-2H3. The quantitative estimate of drug-likeness (QED) is 0.663. The Labute approximate surface area is 117 Å². The fraction of sp³-hybridized carbons (Fsp3) is 0.267. The van der Waals surface area contributed by atoms with Gasteiger partial charge in [-0.15, -0.1) is 0 Å². The third kappa shape index (κ3) is 2.28. The first kappa shape index (κ1) is 12.4. The summed E-state index contributed by atoms with van der Waals surface area (Å²) in [6, 6.07) is 6.62. The number of hydrogen-bond acceptors (Lipinski definition) is 4. The van der Waals surface area contributed by atoms with Crippen molar-refractivity contribution < 1.29 is 4.79 Å².